The lowest BCUT2D eigenvalue weighted by Crippen LogP contribution is -2.49. The average Bonchev–Trinajstić information content (AvgIpc) is 3.22. The number of hydrogen-bond donors (Lipinski definition) is 1. The normalized spacial score (nSPS) is 19.6. The Kier molecular flexibility index (Phi) is 5.03. The van der Waals surface area contributed by atoms with Gasteiger partial charge in [-0.15, -0.1) is 5.10 Å². The number of nitrogens with zero attached hydrogens (tertiary/aromatic N) is 4. The molecule has 2 aliphatic heterocycles. The summed E-state index contributed by atoms with van der Waals surface area (Å²) in [5.74, 6) is 0.158. The molecule has 2 aliphatic rings. The average molecular weight is 421 g/mol. The second-order valence-corrected chi connectivity index (χ2v) is 7.74. The molecule has 2 amide bonds. The van der Waals surface area contributed by atoms with Crippen LogP contribution in [0.3, 0.4) is 0 Å². The number of para-hydroxylation sites is 2. The highest BCUT2D eigenvalue weighted by Gasteiger charge is 2.31. The lowest BCUT2D eigenvalue weighted by atomic mass is 9.96. The van der Waals surface area contributed by atoms with Crippen LogP contribution >= 0.6 is 0 Å². The van der Waals surface area contributed by atoms with E-state index in [1.54, 1.807) is 23.7 Å². The number of benzene rings is 1. The molecule has 3 aromatic rings. The third kappa shape index (κ3) is 3.61. The van der Waals surface area contributed by atoms with E-state index < -0.39 is 11.9 Å². The number of hydrogen-bond acceptors (Lipinski definition) is 6. The van der Waals surface area contributed by atoms with Gasteiger partial charge >= 0.3 is 0 Å². The molecule has 0 aliphatic carbocycles. The van der Waals surface area contributed by atoms with E-state index in [9.17, 15) is 9.59 Å². The minimum absolute atomic E-state index is 0.0247. The smallest absolute Gasteiger partial charge is 0.291 e. The maximum Gasteiger partial charge on any atom is 0.291 e. The predicted molar refractivity (Wildman–Crippen MR) is 112 cm³/mol. The Bertz CT molecular complexity index is 1140. The van der Waals surface area contributed by atoms with Crippen molar-refractivity contribution in [1.29, 1.82) is 0 Å². The van der Waals surface area contributed by atoms with E-state index in [1.807, 2.05) is 30.3 Å². The van der Waals surface area contributed by atoms with Crippen molar-refractivity contribution in [1.82, 2.24) is 19.9 Å². The standard InChI is InChI=1S/C22H23N5O4/c1-26-17-5-2-3-7-18(17)31-13-15(22(26)29)23-21(28)20-24-19-8-4-6-16(27(19)25-20)14-9-11-30-12-10-14/h2-8,14-15H,9-13H2,1H3,(H,23,28). The molecular formula is C22H23N5O4. The summed E-state index contributed by atoms with van der Waals surface area (Å²) in [5, 5.41) is 7.18. The topological polar surface area (TPSA) is 98.1 Å². The van der Waals surface area contributed by atoms with Crippen LogP contribution in [0.4, 0.5) is 5.69 Å². The van der Waals surface area contributed by atoms with Crippen molar-refractivity contribution < 1.29 is 19.1 Å². The van der Waals surface area contributed by atoms with Crippen LogP contribution in [0.2, 0.25) is 0 Å². The summed E-state index contributed by atoms with van der Waals surface area (Å²) >= 11 is 0. The molecule has 1 saturated heterocycles. The fourth-order valence-corrected chi connectivity index (χ4v) is 4.10. The first kappa shape index (κ1) is 19.5. The molecule has 0 radical (unpaired) electrons. The summed E-state index contributed by atoms with van der Waals surface area (Å²) in [4.78, 5) is 31.7. The first-order chi connectivity index (χ1) is 15.1. The van der Waals surface area contributed by atoms with Gasteiger partial charge in [0.05, 0.1) is 5.69 Å². The maximum absolute atomic E-state index is 12.9. The summed E-state index contributed by atoms with van der Waals surface area (Å²) < 4.78 is 12.9. The lowest BCUT2D eigenvalue weighted by molar-refractivity contribution is -0.120. The minimum atomic E-state index is -0.841. The molecule has 160 valence electrons. The van der Waals surface area contributed by atoms with Gasteiger partial charge in [-0.2, -0.15) is 0 Å². The first-order valence-corrected chi connectivity index (χ1v) is 10.4. The largest absolute Gasteiger partial charge is 0.489 e. The van der Waals surface area contributed by atoms with Crippen molar-refractivity contribution >= 4 is 23.1 Å². The number of ether oxygens (including phenoxy) is 2. The molecule has 4 heterocycles. The molecule has 9 nitrogen and oxygen atoms in total. The van der Waals surface area contributed by atoms with Crippen molar-refractivity contribution in [2.45, 2.75) is 24.8 Å². The second kappa shape index (κ2) is 7.99. The predicted octanol–water partition coefficient (Wildman–Crippen LogP) is 1.78. The highest BCUT2D eigenvalue weighted by atomic mass is 16.5. The molecular weight excluding hydrogens is 398 g/mol. The third-order valence-electron chi connectivity index (χ3n) is 5.80. The fraction of sp³-hybridized carbons (Fsp3) is 0.364. The van der Waals surface area contributed by atoms with E-state index in [0.29, 0.717) is 36.2 Å². The molecule has 1 aromatic carbocycles. The number of likely N-dealkylation sites (N-methyl/N-ethyl adjacent to an activating group) is 1. The number of fused-ring (bicyclic) bond motifs is 2. The zero-order chi connectivity index (χ0) is 21.4. The van der Waals surface area contributed by atoms with E-state index in [1.165, 1.54) is 4.90 Å². The fourth-order valence-electron chi connectivity index (χ4n) is 4.10. The van der Waals surface area contributed by atoms with E-state index in [-0.39, 0.29) is 18.3 Å². The zero-order valence-electron chi connectivity index (χ0n) is 17.2. The van der Waals surface area contributed by atoms with Crippen LogP contribution < -0.4 is 15.0 Å². The summed E-state index contributed by atoms with van der Waals surface area (Å²) in [6.07, 6.45) is 1.81. The van der Waals surface area contributed by atoms with Crippen molar-refractivity contribution in [2.75, 3.05) is 31.8 Å². The quantitative estimate of drug-likeness (QED) is 0.692. The molecule has 1 unspecified atom stereocenters. The molecule has 31 heavy (non-hydrogen) atoms. The lowest BCUT2D eigenvalue weighted by Gasteiger charge is -2.22. The van der Waals surface area contributed by atoms with Crippen LogP contribution in [-0.4, -0.2) is 59.3 Å². The number of pyridine rings is 1. The summed E-state index contributed by atoms with van der Waals surface area (Å²) in [5.41, 5.74) is 2.27. The summed E-state index contributed by atoms with van der Waals surface area (Å²) in [6.45, 7) is 1.46. The van der Waals surface area contributed by atoms with E-state index >= 15 is 0 Å². The Morgan fingerprint density at radius 2 is 1.94 bits per heavy atom. The third-order valence-corrected chi connectivity index (χ3v) is 5.80. The van der Waals surface area contributed by atoms with Crippen molar-refractivity contribution in [2.24, 2.45) is 0 Å². The minimum Gasteiger partial charge on any atom is -0.489 e. The van der Waals surface area contributed by atoms with Gasteiger partial charge in [-0.25, -0.2) is 9.50 Å². The van der Waals surface area contributed by atoms with Crippen LogP contribution in [0.5, 0.6) is 5.75 Å². The molecule has 1 atom stereocenters. The van der Waals surface area contributed by atoms with Gasteiger partial charge in [-0.1, -0.05) is 18.2 Å². The highest BCUT2D eigenvalue weighted by molar-refractivity contribution is 6.02. The molecule has 0 bridgehead atoms. The van der Waals surface area contributed by atoms with Crippen molar-refractivity contribution in [3.05, 3.63) is 54.0 Å². The van der Waals surface area contributed by atoms with E-state index in [2.05, 4.69) is 15.4 Å². The Labute approximate surface area is 179 Å². The van der Waals surface area contributed by atoms with Gasteiger partial charge in [0.25, 0.3) is 11.8 Å². The molecule has 0 saturated carbocycles. The van der Waals surface area contributed by atoms with Crippen LogP contribution in [0, 0.1) is 0 Å². The monoisotopic (exact) mass is 421 g/mol. The number of anilines is 1. The number of carbonyl (C=O) groups is 2. The number of carbonyl (C=O) groups excluding carboxylic acids is 2. The summed E-state index contributed by atoms with van der Waals surface area (Å²) in [7, 11) is 1.67. The Hall–Kier alpha value is -3.46. The number of rotatable bonds is 3. The second-order valence-electron chi connectivity index (χ2n) is 7.74. The Morgan fingerprint density at radius 1 is 1.13 bits per heavy atom. The van der Waals surface area contributed by atoms with E-state index in [0.717, 1.165) is 18.5 Å². The molecule has 9 heteroatoms. The zero-order valence-corrected chi connectivity index (χ0v) is 17.2. The van der Waals surface area contributed by atoms with Gasteiger partial charge < -0.3 is 19.7 Å². The first-order valence-electron chi connectivity index (χ1n) is 10.4. The molecule has 0 spiro atoms. The van der Waals surface area contributed by atoms with Gasteiger partial charge in [-0.3, -0.25) is 9.59 Å². The van der Waals surface area contributed by atoms with Crippen LogP contribution in [-0.2, 0) is 9.53 Å². The highest BCUT2D eigenvalue weighted by Crippen LogP contribution is 2.30. The van der Waals surface area contributed by atoms with Crippen molar-refractivity contribution in [3.8, 4) is 5.75 Å². The van der Waals surface area contributed by atoms with Gasteiger partial charge in [-0.05, 0) is 37.1 Å². The number of aromatic nitrogens is 3. The van der Waals surface area contributed by atoms with E-state index in [4.69, 9.17) is 9.47 Å². The Morgan fingerprint density at radius 3 is 2.77 bits per heavy atom. The maximum atomic E-state index is 12.9. The summed E-state index contributed by atoms with van der Waals surface area (Å²) in [6, 6.07) is 12.2. The van der Waals surface area contributed by atoms with Crippen LogP contribution in [0.15, 0.2) is 42.5 Å². The molecule has 5 rings (SSSR count). The number of amides is 2. The van der Waals surface area contributed by atoms with Crippen LogP contribution in [0.25, 0.3) is 5.65 Å². The molecule has 2 aromatic heterocycles. The SMILES string of the molecule is CN1C(=O)C(NC(=O)c2nc3cccc(C4CCOCC4)n3n2)COc2ccccc21. The number of nitrogens with one attached hydrogen (secondary N) is 1. The van der Waals surface area contributed by atoms with Crippen molar-refractivity contribution in [3.63, 3.8) is 0 Å². The molecule has 1 fully saturated rings. The Balaban J connectivity index is 1.38. The van der Waals surface area contributed by atoms with Gasteiger partial charge in [0.1, 0.15) is 18.4 Å². The van der Waals surface area contributed by atoms with Gasteiger partial charge in [0.15, 0.2) is 5.65 Å². The van der Waals surface area contributed by atoms with Gasteiger partial charge in [0, 0.05) is 31.9 Å². The molecule has 1 N–H and O–H groups in total. The van der Waals surface area contributed by atoms with Crippen LogP contribution in [0.1, 0.15) is 35.1 Å². The van der Waals surface area contributed by atoms with Gasteiger partial charge in [0.2, 0.25) is 5.82 Å².